The van der Waals surface area contributed by atoms with Gasteiger partial charge in [0.15, 0.2) is 0 Å². The number of benzene rings is 1. The third-order valence-electron chi connectivity index (χ3n) is 5.26. The van der Waals surface area contributed by atoms with Crippen LogP contribution in [0.4, 0.5) is 5.82 Å². The average molecular weight is 406 g/mol. The van der Waals surface area contributed by atoms with Gasteiger partial charge in [-0.25, -0.2) is 4.98 Å². The van der Waals surface area contributed by atoms with Crippen molar-refractivity contribution in [3.8, 4) is 12.1 Å². The monoisotopic (exact) mass is 405 g/mol. The van der Waals surface area contributed by atoms with Gasteiger partial charge >= 0.3 is 0 Å². The van der Waals surface area contributed by atoms with Gasteiger partial charge in [-0.2, -0.15) is 10.5 Å². The van der Waals surface area contributed by atoms with Crippen LogP contribution in [0.1, 0.15) is 70.6 Å². The Labute approximate surface area is 175 Å². The summed E-state index contributed by atoms with van der Waals surface area (Å²) in [5.41, 5.74) is 9.22. The molecule has 1 aromatic carbocycles. The molecule has 0 saturated heterocycles. The summed E-state index contributed by atoms with van der Waals surface area (Å²) < 4.78 is 0. The molecule has 1 aliphatic carbocycles. The number of nitriles is 2. The second-order valence-electron chi connectivity index (χ2n) is 7.09. The Hall–Kier alpha value is -3.03. The van der Waals surface area contributed by atoms with Crippen LogP contribution < -0.4 is 11.1 Å². The average Bonchev–Trinajstić information content (AvgIpc) is 2.77. The Kier molecular flexibility index (Phi) is 6.74. The fraction of sp³-hybridized carbons (Fsp3) is 0.364. The van der Waals surface area contributed by atoms with Crippen molar-refractivity contribution in [2.24, 2.45) is 0 Å². The molecule has 3 rings (SSSR count). The third-order valence-corrected chi connectivity index (χ3v) is 6.31. The number of anilines is 1. The van der Waals surface area contributed by atoms with Gasteiger partial charge in [-0.3, -0.25) is 4.79 Å². The summed E-state index contributed by atoms with van der Waals surface area (Å²) in [6.07, 6.45) is 5.30. The van der Waals surface area contributed by atoms with E-state index < -0.39 is 0 Å². The molecule has 1 heterocycles. The number of aromatic nitrogens is 1. The topological polar surface area (TPSA) is 116 Å². The lowest BCUT2D eigenvalue weighted by Crippen LogP contribution is -2.17. The minimum Gasteiger partial charge on any atom is -0.383 e. The normalized spacial score (nSPS) is 14.0. The van der Waals surface area contributed by atoms with E-state index in [2.05, 4.69) is 22.4 Å². The Bertz CT molecular complexity index is 999. The van der Waals surface area contributed by atoms with Gasteiger partial charge in [-0.05, 0) is 42.0 Å². The molecular formula is C22H23N5OS. The number of amides is 1. The van der Waals surface area contributed by atoms with Gasteiger partial charge in [-0.15, -0.1) is 11.8 Å². The van der Waals surface area contributed by atoms with Crippen LogP contribution in [0, 0.1) is 22.7 Å². The molecule has 7 heteroatoms. The molecule has 0 atom stereocenters. The molecule has 0 aliphatic heterocycles. The summed E-state index contributed by atoms with van der Waals surface area (Å²) in [5.74, 6) is 0.764. The van der Waals surface area contributed by atoms with Crippen molar-refractivity contribution in [2.75, 3.05) is 12.8 Å². The first kappa shape index (κ1) is 20.7. The predicted octanol–water partition coefficient (Wildman–Crippen LogP) is 4.11. The van der Waals surface area contributed by atoms with Crippen LogP contribution in [0.3, 0.4) is 0 Å². The largest absolute Gasteiger partial charge is 0.383 e. The third kappa shape index (κ3) is 4.52. The molecular weight excluding hydrogens is 382 g/mol. The van der Waals surface area contributed by atoms with Crippen LogP contribution in [0.5, 0.6) is 0 Å². The molecule has 0 bridgehead atoms. The zero-order valence-corrected chi connectivity index (χ0v) is 17.2. The minimum atomic E-state index is -0.144. The molecule has 6 nitrogen and oxygen atoms in total. The Balaban J connectivity index is 1.94. The van der Waals surface area contributed by atoms with E-state index in [0.29, 0.717) is 27.5 Å². The number of carbonyl (C=O) groups excluding carboxylic acids is 1. The molecule has 148 valence electrons. The number of carbonyl (C=O) groups is 1. The number of hydrogen-bond acceptors (Lipinski definition) is 6. The van der Waals surface area contributed by atoms with Gasteiger partial charge in [0.1, 0.15) is 23.0 Å². The maximum Gasteiger partial charge on any atom is 0.251 e. The number of nitrogens with zero attached hydrogens (tertiary/aromatic N) is 3. The maximum absolute atomic E-state index is 11.9. The Morgan fingerprint density at radius 1 is 1.24 bits per heavy atom. The molecule has 1 fully saturated rings. The molecule has 3 N–H and O–H groups in total. The smallest absolute Gasteiger partial charge is 0.251 e. The van der Waals surface area contributed by atoms with E-state index in [9.17, 15) is 15.3 Å². The van der Waals surface area contributed by atoms with Crippen LogP contribution >= 0.6 is 11.8 Å². The summed E-state index contributed by atoms with van der Waals surface area (Å²) >= 11 is 1.41. The minimum absolute atomic E-state index is 0.144. The van der Waals surface area contributed by atoms with Crippen molar-refractivity contribution in [2.45, 2.75) is 48.8 Å². The highest BCUT2D eigenvalue weighted by Gasteiger charge is 2.26. The first-order valence-electron chi connectivity index (χ1n) is 9.66. The Morgan fingerprint density at radius 2 is 1.97 bits per heavy atom. The quantitative estimate of drug-likeness (QED) is 0.723. The van der Waals surface area contributed by atoms with E-state index in [0.717, 1.165) is 36.8 Å². The highest BCUT2D eigenvalue weighted by molar-refractivity contribution is 7.98. The lowest BCUT2D eigenvalue weighted by Gasteiger charge is -2.25. The van der Waals surface area contributed by atoms with Crippen molar-refractivity contribution >= 4 is 23.5 Å². The molecule has 0 spiro atoms. The predicted molar refractivity (Wildman–Crippen MR) is 113 cm³/mol. The maximum atomic E-state index is 11.9. The fourth-order valence-corrected chi connectivity index (χ4v) is 4.77. The number of pyridine rings is 1. The summed E-state index contributed by atoms with van der Waals surface area (Å²) in [7, 11) is 1.60. The highest BCUT2D eigenvalue weighted by atomic mass is 32.2. The van der Waals surface area contributed by atoms with Crippen molar-refractivity contribution < 1.29 is 4.79 Å². The SMILES string of the molecule is CNC(=O)c1cccc(CSc2nc(N)c(C#N)c(C3CCCCC3)c2C#N)c1. The van der Waals surface area contributed by atoms with E-state index in [1.807, 2.05) is 18.2 Å². The second-order valence-corrected chi connectivity index (χ2v) is 8.06. The van der Waals surface area contributed by atoms with E-state index >= 15 is 0 Å². The van der Waals surface area contributed by atoms with Crippen LogP contribution in [-0.2, 0) is 5.75 Å². The molecule has 1 amide bonds. The Morgan fingerprint density at radius 3 is 2.62 bits per heavy atom. The van der Waals surface area contributed by atoms with Crippen molar-refractivity contribution in [3.63, 3.8) is 0 Å². The van der Waals surface area contributed by atoms with E-state index in [-0.39, 0.29) is 17.6 Å². The molecule has 2 aromatic rings. The number of nitrogen functional groups attached to an aromatic ring is 1. The molecule has 0 radical (unpaired) electrons. The number of nitrogens with two attached hydrogens (primary N) is 1. The van der Waals surface area contributed by atoms with Gasteiger partial charge in [0.05, 0.1) is 11.1 Å². The number of hydrogen-bond donors (Lipinski definition) is 2. The molecule has 1 aromatic heterocycles. The summed E-state index contributed by atoms with van der Waals surface area (Å²) in [6, 6.07) is 11.8. The first-order valence-corrected chi connectivity index (χ1v) is 10.6. The fourth-order valence-electron chi connectivity index (χ4n) is 3.83. The lowest BCUT2D eigenvalue weighted by atomic mass is 9.80. The van der Waals surface area contributed by atoms with Crippen molar-refractivity contribution in [1.82, 2.24) is 10.3 Å². The number of nitrogens with one attached hydrogen (secondary N) is 1. The second kappa shape index (κ2) is 9.45. The molecule has 1 saturated carbocycles. The van der Waals surface area contributed by atoms with Gasteiger partial charge in [0.2, 0.25) is 0 Å². The van der Waals surface area contributed by atoms with Crippen LogP contribution in [0.2, 0.25) is 0 Å². The molecule has 0 unspecified atom stereocenters. The van der Waals surface area contributed by atoms with E-state index in [4.69, 9.17) is 5.73 Å². The zero-order chi connectivity index (χ0) is 20.8. The van der Waals surface area contributed by atoms with Gasteiger partial charge in [0, 0.05) is 18.4 Å². The van der Waals surface area contributed by atoms with E-state index in [1.165, 1.54) is 18.2 Å². The molecule has 1 aliphatic rings. The van der Waals surface area contributed by atoms with E-state index in [1.54, 1.807) is 13.1 Å². The number of rotatable bonds is 5. The van der Waals surface area contributed by atoms with Gasteiger partial charge in [0.25, 0.3) is 5.91 Å². The van der Waals surface area contributed by atoms with Crippen LogP contribution in [-0.4, -0.2) is 17.9 Å². The number of thioether (sulfide) groups is 1. The van der Waals surface area contributed by atoms with Gasteiger partial charge < -0.3 is 11.1 Å². The van der Waals surface area contributed by atoms with Crippen molar-refractivity contribution in [1.29, 1.82) is 10.5 Å². The van der Waals surface area contributed by atoms with Crippen LogP contribution in [0.15, 0.2) is 29.3 Å². The zero-order valence-electron chi connectivity index (χ0n) is 16.4. The summed E-state index contributed by atoms with van der Waals surface area (Å²) in [4.78, 5) is 16.2. The lowest BCUT2D eigenvalue weighted by molar-refractivity contribution is 0.0963. The van der Waals surface area contributed by atoms with Gasteiger partial charge in [-0.1, -0.05) is 31.4 Å². The van der Waals surface area contributed by atoms with Crippen molar-refractivity contribution in [3.05, 3.63) is 52.1 Å². The first-order chi connectivity index (χ1) is 14.1. The molecule has 29 heavy (non-hydrogen) atoms. The summed E-state index contributed by atoms with van der Waals surface area (Å²) in [5, 5.41) is 22.7. The highest BCUT2D eigenvalue weighted by Crippen LogP contribution is 2.40. The summed E-state index contributed by atoms with van der Waals surface area (Å²) in [6.45, 7) is 0. The van der Waals surface area contributed by atoms with Crippen LogP contribution in [0.25, 0.3) is 0 Å². The standard InChI is InChI=1S/C22H23N5OS/c1-26-21(28)16-9-5-6-14(10-16)13-29-22-18(12-24)19(15-7-3-2-4-8-15)17(11-23)20(25)27-22/h5-6,9-10,15H,2-4,7-8,13H2,1H3,(H2,25,27)(H,26,28).